The van der Waals surface area contributed by atoms with E-state index >= 15 is 4.39 Å². The van der Waals surface area contributed by atoms with E-state index in [0.717, 1.165) is 29.9 Å². The maximum atomic E-state index is 15.4. The molecule has 3 aliphatic rings. The number of nitrogens with one attached hydrogen (secondary N) is 3. The summed E-state index contributed by atoms with van der Waals surface area (Å²) in [4.78, 5) is 54.5. The molecule has 3 aliphatic heterocycles. The first kappa shape index (κ1) is 40.3. The molecule has 0 radical (unpaired) electrons. The Morgan fingerprint density at radius 2 is 1.73 bits per heavy atom. The van der Waals surface area contributed by atoms with Crippen molar-refractivity contribution in [2.24, 2.45) is 5.92 Å². The Morgan fingerprint density at radius 1 is 1.02 bits per heavy atom. The summed E-state index contributed by atoms with van der Waals surface area (Å²) in [5, 5.41) is 17.5. The number of benzene rings is 3. The molecule has 0 saturated carbocycles. The Labute approximate surface area is 326 Å². The summed E-state index contributed by atoms with van der Waals surface area (Å²) in [6.45, 7) is 4.99. The monoisotopic (exact) mass is 795 g/mol. The average molecular weight is 796 g/mol. The smallest absolute Gasteiger partial charge is 0.417 e. The van der Waals surface area contributed by atoms with Crippen LogP contribution < -0.4 is 30.5 Å². The minimum Gasteiger partial charge on any atom is -0.491 e. The second kappa shape index (κ2) is 16.4. The van der Waals surface area contributed by atoms with Crippen LogP contribution in [0.1, 0.15) is 57.1 Å². The lowest BCUT2D eigenvalue weighted by atomic mass is 9.94. The summed E-state index contributed by atoms with van der Waals surface area (Å²) in [5.74, 6) is -1.77. The fourth-order valence-corrected chi connectivity index (χ4v) is 7.94. The predicted molar refractivity (Wildman–Crippen MR) is 204 cm³/mol. The van der Waals surface area contributed by atoms with E-state index in [-0.39, 0.29) is 54.4 Å². The van der Waals surface area contributed by atoms with Gasteiger partial charge in [-0.1, -0.05) is 6.07 Å². The molecule has 0 aliphatic carbocycles. The molecule has 0 bridgehead atoms. The third-order valence-electron chi connectivity index (χ3n) is 10.3. The number of carbonyl (C=O) groups excluding carboxylic acids is 4. The molecular weight excluding hydrogens is 755 g/mol. The maximum Gasteiger partial charge on any atom is 0.417 e. The number of hydrogen-bond acceptors (Lipinski definition) is 10. The second-order valence-electron chi connectivity index (χ2n) is 14.5. The van der Waals surface area contributed by atoms with Gasteiger partial charge in [-0.2, -0.15) is 18.4 Å². The van der Waals surface area contributed by atoms with Crippen molar-refractivity contribution in [2.45, 2.75) is 69.2 Å². The standard InChI is InChI=1S/C39H41F4N7O5S/c1-38(2)36(54)49(27-7-6-24(21-44)29(19-27)39(41,42)43)37(56)50(38)28-8-10-32(30(40)20-28)55-17-14-23-12-15-48(16-13-23)22-34(52)46-26-5-3-4-25(18-26)45-31-9-11-33(51)47-35(31)53/h3-8,10,18-20,23,31,37,45,56H,9,11-17,22H2,1-2H3,(H,46,52)(H,47,51,53). The van der Waals surface area contributed by atoms with Gasteiger partial charge in [0.1, 0.15) is 11.6 Å². The van der Waals surface area contributed by atoms with Gasteiger partial charge in [-0.15, -0.1) is 12.6 Å². The van der Waals surface area contributed by atoms with Crippen LogP contribution in [0.5, 0.6) is 5.75 Å². The fourth-order valence-electron chi connectivity index (χ4n) is 7.28. The quantitative estimate of drug-likeness (QED) is 0.106. The van der Waals surface area contributed by atoms with Crippen LogP contribution in [0.15, 0.2) is 60.7 Å². The average Bonchev–Trinajstić information content (AvgIpc) is 3.32. The maximum absolute atomic E-state index is 15.4. The lowest BCUT2D eigenvalue weighted by molar-refractivity contribution is -0.138. The molecule has 3 saturated heterocycles. The zero-order chi connectivity index (χ0) is 40.4. The number of thiol groups is 1. The number of hydrogen-bond donors (Lipinski definition) is 4. The van der Waals surface area contributed by atoms with Crippen LogP contribution in [-0.4, -0.2) is 71.8 Å². The van der Waals surface area contributed by atoms with Crippen LogP contribution in [0.4, 0.5) is 40.3 Å². The highest BCUT2D eigenvalue weighted by molar-refractivity contribution is 7.81. The molecule has 0 aromatic heterocycles. The molecule has 56 heavy (non-hydrogen) atoms. The molecule has 3 aromatic carbocycles. The molecule has 12 nitrogen and oxygen atoms in total. The van der Waals surface area contributed by atoms with Crippen molar-refractivity contribution in [1.82, 2.24) is 10.2 Å². The van der Waals surface area contributed by atoms with Gasteiger partial charge >= 0.3 is 6.18 Å². The van der Waals surface area contributed by atoms with E-state index in [2.05, 4.69) is 33.5 Å². The number of anilines is 4. The highest BCUT2D eigenvalue weighted by Gasteiger charge is 2.52. The minimum atomic E-state index is -4.82. The first-order valence-electron chi connectivity index (χ1n) is 18.1. The topological polar surface area (TPSA) is 147 Å². The number of nitrogens with zero attached hydrogens (tertiary/aromatic N) is 4. The van der Waals surface area contributed by atoms with E-state index < -0.39 is 46.1 Å². The van der Waals surface area contributed by atoms with Gasteiger partial charge in [0.2, 0.25) is 17.7 Å². The second-order valence-corrected chi connectivity index (χ2v) is 15.0. The van der Waals surface area contributed by atoms with Crippen molar-refractivity contribution in [3.8, 4) is 11.8 Å². The third-order valence-corrected chi connectivity index (χ3v) is 10.8. The van der Waals surface area contributed by atoms with Crippen molar-refractivity contribution in [3.63, 3.8) is 0 Å². The summed E-state index contributed by atoms with van der Waals surface area (Å²) in [7, 11) is 0. The van der Waals surface area contributed by atoms with Gasteiger partial charge in [0.25, 0.3) is 5.91 Å². The van der Waals surface area contributed by atoms with E-state index in [0.29, 0.717) is 43.2 Å². The number of piperidine rings is 2. The lowest BCUT2D eigenvalue weighted by Gasteiger charge is -2.33. The van der Waals surface area contributed by atoms with Gasteiger partial charge < -0.3 is 20.3 Å². The third kappa shape index (κ3) is 8.87. The minimum absolute atomic E-state index is 0.0112. The van der Waals surface area contributed by atoms with Crippen molar-refractivity contribution < 1.29 is 41.5 Å². The highest BCUT2D eigenvalue weighted by Crippen LogP contribution is 2.43. The van der Waals surface area contributed by atoms with Crippen molar-refractivity contribution in [1.29, 1.82) is 5.26 Å². The Hall–Kier alpha value is -5.34. The number of carbonyl (C=O) groups is 4. The molecule has 2 atom stereocenters. The van der Waals surface area contributed by atoms with E-state index in [1.54, 1.807) is 44.2 Å². The molecule has 0 spiro atoms. The van der Waals surface area contributed by atoms with Crippen LogP contribution in [0, 0.1) is 23.1 Å². The normalized spacial score (nSPS) is 20.4. The Kier molecular flexibility index (Phi) is 11.8. The SMILES string of the molecule is CC1(C)C(=O)N(c2ccc(C#N)c(C(F)(F)F)c2)C(S)N1c1ccc(OCCC2CCN(CC(=O)Nc3cccc(NC4CCC(=O)NC4=O)c3)CC2)c(F)c1. The summed E-state index contributed by atoms with van der Waals surface area (Å²) in [6, 6.07) is 15.2. The molecule has 4 amide bonds. The van der Waals surface area contributed by atoms with Crippen molar-refractivity contribution >= 4 is 59.0 Å². The highest BCUT2D eigenvalue weighted by atomic mass is 32.1. The number of amides is 4. The van der Waals surface area contributed by atoms with Gasteiger partial charge in [0.15, 0.2) is 17.1 Å². The Bertz CT molecular complexity index is 2050. The lowest BCUT2D eigenvalue weighted by Crippen LogP contribution is -2.47. The van der Waals surface area contributed by atoms with Gasteiger partial charge in [-0.3, -0.25) is 34.3 Å². The van der Waals surface area contributed by atoms with E-state index in [1.807, 2.05) is 0 Å². The first-order chi connectivity index (χ1) is 26.5. The number of halogens is 4. The number of nitriles is 1. The van der Waals surface area contributed by atoms with E-state index in [9.17, 15) is 37.6 Å². The first-order valence-corrected chi connectivity index (χ1v) is 18.6. The number of likely N-dealkylation sites (tertiary alicyclic amines) is 1. The molecule has 3 N–H and O–H groups in total. The summed E-state index contributed by atoms with van der Waals surface area (Å²) in [5.41, 5.74) is -2.76. The van der Waals surface area contributed by atoms with Crippen LogP contribution in [0.3, 0.4) is 0 Å². The van der Waals surface area contributed by atoms with Gasteiger partial charge in [0, 0.05) is 35.2 Å². The van der Waals surface area contributed by atoms with Crippen LogP contribution >= 0.6 is 12.6 Å². The molecule has 296 valence electrons. The summed E-state index contributed by atoms with van der Waals surface area (Å²) in [6.07, 6.45) is -1.86. The van der Waals surface area contributed by atoms with Crippen molar-refractivity contribution in [2.75, 3.05) is 46.7 Å². The number of alkyl halides is 3. The van der Waals surface area contributed by atoms with Crippen LogP contribution in [0.25, 0.3) is 0 Å². The zero-order valence-corrected chi connectivity index (χ0v) is 31.6. The van der Waals surface area contributed by atoms with Crippen LogP contribution in [0.2, 0.25) is 0 Å². The molecule has 3 aromatic rings. The molecule has 3 heterocycles. The zero-order valence-electron chi connectivity index (χ0n) is 30.7. The number of ether oxygens (including phenoxy) is 1. The predicted octanol–water partition coefficient (Wildman–Crippen LogP) is 5.90. The van der Waals surface area contributed by atoms with E-state index in [1.165, 1.54) is 29.2 Å². The van der Waals surface area contributed by atoms with E-state index in [4.69, 9.17) is 4.74 Å². The molecule has 6 rings (SSSR count). The molecule has 2 unspecified atom stereocenters. The van der Waals surface area contributed by atoms with Crippen molar-refractivity contribution in [3.05, 3.63) is 77.6 Å². The Balaban J connectivity index is 0.974. The summed E-state index contributed by atoms with van der Waals surface area (Å²) < 4.78 is 62.3. The largest absolute Gasteiger partial charge is 0.491 e. The molecule has 17 heteroatoms. The van der Waals surface area contributed by atoms with Crippen LogP contribution in [-0.2, 0) is 25.4 Å². The fraction of sp³-hybridized carbons (Fsp3) is 0.410. The molecule has 3 fully saturated rings. The number of imide groups is 1. The van der Waals surface area contributed by atoms with Gasteiger partial charge in [0.05, 0.1) is 30.3 Å². The summed E-state index contributed by atoms with van der Waals surface area (Å²) >= 11 is 4.57. The van der Waals surface area contributed by atoms with Gasteiger partial charge in [-0.25, -0.2) is 4.39 Å². The number of rotatable bonds is 11. The molecular formula is C39H41F4N7O5S. The Morgan fingerprint density at radius 3 is 2.41 bits per heavy atom. The van der Waals surface area contributed by atoms with Gasteiger partial charge in [-0.05, 0) is 107 Å².